The molecule has 0 radical (unpaired) electrons. The predicted octanol–water partition coefficient (Wildman–Crippen LogP) is 18.0. The summed E-state index contributed by atoms with van der Waals surface area (Å²) in [7, 11) is -3.19. The van der Waals surface area contributed by atoms with Crippen LogP contribution in [0.5, 0.6) is 0 Å². The summed E-state index contributed by atoms with van der Waals surface area (Å²) in [5, 5.41) is 0. The molecule has 0 saturated heterocycles. The minimum Gasteiger partial charge on any atom is -0.462 e. The Morgan fingerprint density at radius 1 is 0.429 bits per heavy atom. The van der Waals surface area contributed by atoms with E-state index in [0.717, 1.165) is 45.6 Å². The van der Waals surface area contributed by atoms with Gasteiger partial charge < -0.3 is 14.4 Å². The Kier molecular flexibility index (Phi) is 49.2. The molecule has 1 N–H and O–H groups in total. The number of carbonyl (C=O) groups is 2. The number of hydrogen-bond donors (Lipinski definition) is 1. The van der Waals surface area contributed by atoms with Gasteiger partial charge in [-0.15, -0.1) is 0 Å². The Balaban J connectivity index is 3.82. The molecule has 0 aliphatic carbocycles. The molecule has 0 rings (SSSR count). The number of carbonyl (C=O) groups excluding carboxylic acids is 2. The molecule has 0 bridgehead atoms. The van der Waals surface area contributed by atoms with Crippen LogP contribution in [0.4, 0.5) is 0 Å². The average molecular weight is 913 g/mol. The van der Waals surface area contributed by atoms with Gasteiger partial charge in [0.25, 0.3) is 0 Å². The van der Waals surface area contributed by atoms with E-state index >= 15 is 0 Å². The molecular formula is C54H105O8P. The largest absolute Gasteiger partial charge is 0.472 e. The van der Waals surface area contributed by atoms with Crippen molar-refractivity contribution in [2.75, 3.05) is 20.3 Å². The van der Waals surface area contributed by atoms with Crippen molar-refractivity contribution < 1.29 is 37.6 Å². The molecule has 0 aromatic rings. The fourth-order valence-corrected chi connectivity index (χ4v) is 8.76. The van der Waals surface area contributed by atoms with Gasteiger partial charge in [0, 0.05) is 20.0 Å². The molecule has 0 fully saturated rings. The molecule has 0 amide bonds. The van der Waals surface area contributed by atoms with Crippen molar-refractivity contribution in [1.82, 2.24) is 0 Å². The number of rotatable bonds is 52. The normalized spacial score (nSPS) is 13.1. The molecule has 0 spiro atoms. The first-order valence-corrected chi connectivity index (χ1v) is 28.9. The van der Waals surface area contributed by atoms with Gasteiger partial charge in [-0.3, -0.25) is 18.6 Å². The number of ether oxygens (including phenoxy) is 2. The summed E-state index contributed by atoms with van der Waals surface area (Å²) in [5.41, 5.74) is 0. The smallest absolute Gasteiger partial charge is 0.462 e. The van der Waals surface area contributed by atoms with Crippen LogP contribution in [0, 0.1) is 0 Å². The van der Waals surface area contributed by atoms with E-state index in [9.17, 15) is 19.0 Å². The van der Waals surface area contributed by atoms with Crippen LogP contribution in [0.15, 0.2) is 12.2 Å². The lowest BCUT2D eigenvalue weighted by Crippen LogP contribution is -2.29. The van der Waals surface area contributed by atoms with Crippen molar-refractivity contribution in [3.8, 4) is 0 Å². The second-order valence-electron chi connectivity index (χ2n) is 18.7. The lowest BCUT2D eigenvalue weighted by Gasteiger charge is -2.19. The molecule has 0 aromatic heterocycles. The first-order chi connectivity index (χ1) is 30.8. The van der Waals surface area contributed by atoms with Gasteiger partial charge >= 0.3 is 19.8 Å². The third-order valence-corrected chi connectivity index (χ3v) is 13.4. The van der Waals surface area contributed by atoms with Crippen molar-refractivity contribution in [2.45, 2.75) is 302 Å². The molecule has 374 valence electrons. The predicted molar refractivity (Wildman–Crippen MR) is 267 cm³/mol. The highest BCUT2D eigenvalue weighted by Crippen LogP contribution is 2.42. The monoisotopic (exact) mass is 913 g/mol. The molecule has 0 aliphatic heterocycles. The van der Waals surface area contributed by atoms with Gasteiger partial charge in [0.15, 0.2) is 6.10 Å². The summed E-state index contributed by atoms with van der Waals surface area (Å²) < 4.78 is 32.2. The highest BCUT2D eigenvalue weighted by molar-refractivity contribution is 7.47. The third kappa shape index (κ3) is 50.1. The Bertz CT molecular complexity index is 1040. The molecule has 0 aliphatic rings. The first-order valence-electron chi connectivity index (χ1n) is 27.4. The van der Waals surface area contributed by atoms with Gasteiger partial charge in [-0.1, -0.05) is 257 Å². The van der Waals surface area contributed by atoms with Crippen LogP contribution in [0.2, 0.25) is 0 Å². The lowest BCUT2D eigenvalue weighted by molar-refractivity contribution is -0.161. The van der Waals surface area contributed by atoms with Crippen LogP contribution in [0.3, 0.4) is 0 Å². The van der Waals surface area contributed by atoms with Crippen LogP contribution in [0.25, 0.3) is 0 Å². The molecule has 0 heterocycles. The second kappa shape index (κ2) is 50.2. The maximum atomic E-state index is 12.6. The van der Waals surface area contributed by atoms with Gasteiger partial charge in [0.1, 0.15) is 6.61 Å². The van der Waals surface area contributed by atoms with Crippen molar-refractivity contribution in [3.63, 3.8) is 0 Å². The van der Waals surface area contributed by atoms with Crippen LogP contribution >= 0.6 is 7.82 Å². The zero-order valence-electron chi connectivity index (χ0n) is 42.0. The fraction of sp³-hybridized carbons (Fsp3) is 0.926. The number of hydrogen-bond acceptors (Lipinski definition) is 7. The highest BCUT2D eigenvalue weighted by atomic mass is 31.2. The lowest BCUT2D eigenvalue weighted by atomic mass is 10.0. The second-order valence-corrected chi connectivity index (χ2v) is 20.3. The van der Waals surface area contributed by atoms with E-state index in [1.807, 2.05) is 0 Å². The summed E-state index contributed by atoms with van der Waals surface area (Å²) in [6.07, 6.45) is 58.6. The highest BCUT2D eigenvalue weighted by Gasteiger charge is 2.24. The summed E-state index contributed by atoms with van der Waals surface area (Å²) >= 11 is 0. The van der Waals surface area contributed by atoms with E-state index in [1.54, 1.807) is 0 Å². The number of phosphoric ester groups is 1. The van der Waals surface area contributed by atoms with Gasteiger partial charge in [-0.05, 0) is 38.5 Å². The van der Waals surface area contributed by atoms with Crippen LogP contribution in [-0.2, 0) is 32.7 Å². The van der Waals surface area contributed by atoms with E-state index in [4.69, 9.17) is 14.0 Å². The maximum absolute atomic E-state index is 12.6. The molecule has 63 heavy (non-hydrogen) atoms. The molecule has 0 aromatic carbocycles. The summed E-state index contributed by atoms with van der Waals surface area (Å²) in [4.78, 5) is 34.7. The average Bonchev–Trinajstić information content (AvgIpc) is 3.28. The summed E-state index contributed by atoms with van der Waals surface area (Å²) in [6.45, 7) is 3.95. The molecule has 2 atom stereocenters. The molecule has 0 saturated carbocycles. The fourth-order valence-electron chi connectivity index (χ4n) is 8.30. The Morgan fingerprint density at radius 3 is 1.03 bits per heavy atom. The van der Waals surface area contributed by atoms with E-state index in [1.165, 1.54) is 231 Å². The summed E-state index contributed by atoms with van der Waals surface area (Å²) in [6, 6.07) is 0. The van der Waals surface area contributed by atoms with E-state index < -0.39 is 26.5 Å². The number of phosphoric acid groups is 1. The molecule has 9 heteroatoms. The van der Waals surface area contributed by atoms with E-state index in [0.29, 0.717) is 6.42 Å². The standard InChI is InChI=1S/C54H105O8P/c1-4-6-8-10-12-14-16-18-20-22-24-26-27-29-31-33-35-37-39-41-43-45-47-49-54(56)62-52(51-61-63(57,58)59-3)50-60-53(55)48-46-44-42-40-38-36-34-32-30-28-25-23-21-19-17-15-13-11-9-7-5-2/h22,24,52H,4-21,23,25-51H2,1-3H3,(H,57,58)/b24-22-. The van der Waals surface area contributed by atoms with E-state index in [-0.39, 0.29) is 19.0 Å². The maximum Gasteiger partial charge on any atom is 0.472 e. The number of esters is 2. The Labute approximate surface area is 391 Å². The van der Waals surface area contributed by atoms with Crippen LogP contribution < -0.4 is 0 Å². The Hall–Kier alpha value is -1.21. The van der Waals surface area contributed by atoms with E-state index in [2.05, 4.69) is 30.5 Å². The van der Waals surface area contributed by atoms with Gasteiger partial charge in [0.2, 0.25) is 0 Å². The third-order valence-electron chi connectivity index (χ3n) is 12.5. The van der Waals surface area contributed by atoms with Gasteiger partial charge in [0.05, 0.1) is 6.61 Å². The number of unbranched alkanes of at least 4 members (excludes halogenated alkanes) is 39. The van der Waals surface area contributed by atoms with Crippen LogP contribution in [-0.4, -0.2) is 43.3 Å². The minimum atomic E-state index is -4.26. The molecule has 8 nitrogen and oxygen atoms in total. The van der Waals surface area contributed by atoms with Crippen molar-refractivity contribution in [2.24, 2.45) is 0 Å². The SMILES string of the molecule is CCCCCCCCCC/C=C\CCCCCCCCCCCCCC(=O)OC(COC(=O)CCCCCCCCCCCCCCCCCCCCCCC)COP(=O)(O)OC. The topological polar surface area (TPSA) is 108 Å². The van der Waals surface area contributed by atoms with Crippen molar-refractivity contribution in [1.29, 1.82) is 0 Å². The number of allylic oxidation sites excluding steroid dienone is 2. The summed E-state index contributed by atoms with van der Waals surface area (Å²) in [5.74, 6) is -0.784. The van der Waals surface area contributed by atoms with Crippen molar-refractivity contribution in [3.05, 3.63) is 12.2 Å². The zero-order valence-corrected chi connectivity index (χ0v) is 42.9. The minimum absolute atomic E-state index is 0.218. The quantitative estimate of drug-likeness (QED) is 0.0278. The Morgan fingerprint density at radius 2 is 0.714 bits per heavy atom. The molecular weight excluding hydrogens is 808 g/mol. The zero-order chi connectivity index (χ0) is 46.0. The van der Waals surface area contributed by atoms with Gasteiger partial charge in [-0.25, -0.2) is 4.57 Å². The van der Waals surface area contributed by atoms with Gasteiger partial charge in [-0.2, -0.15) is 0 Å². The van der Waals surface area contributed by atoms with Crippen LogP contribution in [0.1, 0.15) is 296 Å². The molecule has 2 unspecified atom stereocenters. The first kappa shape index (κ1) is 61.8. The van der Waals surface area contributed by atoms with Crippen molar-refractivity contribution >= 4 is 19.8 Å².